The number of phenolic OH excluding ortho intramolecular Hbond substituents is 1. The lowest BCUT2D eigenvalue weighted by Crippen LogP contribution is -3.00. The number of piperidine rings is 1. The van der Waals surface area contributed by atoms with Crippen LogP contribution in [0.2, 0.25) is 0 Å². The molecule has 0 spiro atoms. The van der Waals surface area contributed by atoms with Crippen LogP contribution in [0.25, 0.3) is 11.3 Å². The van der Waals surface area contributed by atoms with Crippen LogP contribution in [0, 0.1) is 17.2 Å². The van der Waals surface area contributed by atoms with E-state index in [-0.39, 0.29) is 29.9 Å². The minimum absolute atomic E-state index is 0. The molecular formula is C21H24ClN4O2-. The Morgan fingerprint density at radius 1 is 1.25 bits per heavy atom. The topological polar surface area (TPSA) is 104 Å². The molecule has 0 radical (unpaired) electrons. The lowest BCUT2D eigenvalue weighted by Gasteiger charge is -2.25. The van der Waals surface area contributed by atoms with Gasteiger partial charge in [-0.2, -0.15) is 5.26 Å². The molecule has 0 bridgehead atoms. The zero-order valence-corrected chi connectivity index (χ0v) is 16.4. The summed E-state index contributed by atoms with van der Waals surface area (Å²) in [5.74, 6) is 1.78. The molecule has 4 N–H and O–H groups in total. The molecular weight excluding hydrogens is 376 g/mol. The average molecular weight is 400 g/mol. The summed E-state index contributed by atoms with van der Waals surface area (Å²) in [4.78, 5) is 4.43. The molecule has 4 rings (SSSR count). The van der Waals surface area contributed by atoms with Crippen LogP contribution in [0.1, 0.15) is 42.7 Å². The van der Waals surface area contributed by atoms with Gasteiger partial charge in [-0.3, -0.25) is 0 Å². The summed E-state index contributed by atoms with van der Waals surface area (Å²) in [6, 6.07) is 9.36. The van der Waals surface area contributed by atoms with Gasteiger partial charge in [0.2, 0.25) is 0 Å². The Bertz CT molecular complexity index is 887. The van der Waals surface area contributed by atoms with E-state index >= 15 is 0 Å². The first-order chi connectivity index (χ1) is 13.2. The van der Waals surface area contributed by atoms with Crippen LogP contribution < -0.4 is 28.2 Å². The number of hydrogen-bond acceptors (Lipinski definition) is 6. The molecule has 0 unspecified atom stereocenters. The van der Waals surface area contributed by atoms with E-state index in [2.05, 4.69) is 16.4 Å². The minimum atomic E-state index is 0. The number of anilines is 1. The number of ether oxygens (including phenoxy) is 1. The van der Waals surface area contributed by atoms with Crippen molar-refractivity contribution in [2.45, 2.75) is 31.6 Å². The van der Waals surface area contributed by atoms with Crippen molar-refractivity contribution in [1.29, 1.82) is 5.26 Å². The van der Waals surface area contributed by atoms with Gasteiger partial charge in [-0.15, -0.1) is 0 Å². The monoisotopic (exact) mass is 399 g/mol. The van der Waals surface area contributed by atoms with Gasteiger partial charge in [0.1, 0.15) is 23.4 Å². The van der Waals surface area contributed by atoms with Crippen molar-refractivity contribution in [3.8, 4) is 28.8 Å². The largest absolute Gasteiger partial charge is 1.00 e. The Morgan fingerprint density at radius 2 is 2.00 bits per heavy atom. The summed E-state index contributed by atoms with van der Waals surface area (Å²) in [5, 5.41) is 23.4. The molecule has 6 nitrogen and oxygen atoms in total. The molecule has 148 valence electrons. The molecule has 0 atom stereocenters. The standard InChI is InChI=1S/C21H24N4O2.ClH/c22-11-16-15(14-6-8-24-9-7-14)10-17(25-21(16)23)20-18(26)2-1-3-19(20)27-12-13-4-5-13;/h1-3,10,13-14,24,26H,4-9,12H2,(H2,23,25);1H/p-1. The van der Waals surface area contributed by atoms with Gasteiger partial charge in [0.15, 0.2) is 0 Å². The van der Waals surface area contributed by atoms with Gasteiger partial charge >= 0.3 is 0 Å². The predicted octanol–water partition coefficient (Wildman–Crippen LogP) is 0.168. The third kappa shape index (κ3) is 4.16. The normalized spacial score (nSPS) is 16.8. The van der Waals surface area contributed by atoms with Gasteiger partial charge in [-0.05, 0) is 74.4 Å². The lowest BCUT2D eigenvalue weighted by atomic mass is 9.86. The van der Waals surface area contributed by atoms with Crippen molar-refractivity contribution >= 4 is 5.82 Å². The highest BCUT2D eigenvalue weighted by molar-refractivity contribution is 5.76. The summed E-state index contributed by atoms with van der Waals surface area (Å²) in [7, 11) is 0. The molecule has 2 fully saturated rings. The molecule has 1 aliphatic heterocycles. The van der Waals surface area contributed by atoms with Crippen LogP contribution in [0.4, 0.5) is 5.82 Å². The highest BCUT2D eigenvalue weighted by atomic mass is 35.5. The van der Waals surface area contributed by atoms with E-state index < -0.39 is 0 Å². The predicted molar refractivity (Wildman–Crippen MR) is 104 cm³/mol. The van der Waals surface area contributed by atoms with Crippen molar-refractivity contribution in [2.24, 2.45) is 5.92 Å². The number of pyridine rings is 1. The van der Waals surface area contributed by atoms with E-state index in [9.17, 15) is 10.4 Å². The number of aromatic nitrogens is 1. The fraction of sp³-hybridized carbons (Fsp3) is 0.429. The van der Waals surface area contributed by atoms with E-state index in [0.29, 0.717) is 35.1 Å². The van der Waals surface area contributed by atoms with Gasteiger partial charge in [0.05, 0.1) is 23.4 Å². The first-order valence-corrected chi connectivity index (χ1v) is 9.53. The van der Waals surface area contributed by atoms with Crippen LogP contribution in [-0.2, 0) is 0 Å². The Kier molecular flexibility index (Phi) is 6.28. The maximum Gasteiger partial charge on any atom is 0.142 e. The second-order valence-electron chi connectivity index (χ2n) is 7.40. The van der Waals surface area contributed by atoms with Crippen molar-refractivity contribution in [1.82, 2.24) is 10.3 Å². The number of aromatic hydroxyl groups is 1. The highest BCUT2D eigenvalue weighted by Crippen LogP contribution is 2.41. The number of hydrogen-bond donors (Lipinski definition) is 3. The zero-order valence-electron chi connectivity index (χ0n) is 15.6. The number of benzene rings is 1. The molecule has 28 heavy (non-hydrogen) atoms. The Balaban J connectivity index is 0.00000225. The Hall–Kier alpha value is -2.49. The lowest BCUT2D eigenvalue weighted by molar-refractivity contribution is -0.00000728. The number of nitriles is 1. The second kappa shape index (κ2) is 8.68. The first-order valence-electron chi connectivity index (χ1n) is 9.53. The molecule has 2 heterocycles. The van der Waals surface area contributed by atoms with Crippen LogP contribution in [-0.4, -0.2) is 29.8 Å². The number of nitrogens with zero attached hydrogens (tertiary/aromatic N) is 2. The zero-order chi connectivity index (χ0) is 18.8. The fourth-order valence-electron chi connectivity index (χ4n) is 3.68. The van der Waals surface area contributed by atoms with E-state index in [1.807, 2.05) is 12.1 Å². The molecule has 2 aromatic rings. The molecule has 1 aromatic carbocycles. The van der Waals surface area contributed by atoms with Crippen LogP contribution >= 0.6 is 0 Å². The van der Waals surface area contributed by atoms with Crippen molar-refractivity contribution in [3.05, 3.63) is 35.4 Å². The summed E-state index contributed by atoms with van der Waals surface area (Å²) in [6.07, 6.45) is 4.28. The van der Waals surface area contributed by atoms with E-state index in [1.54, 1.807) is 12.1 Å². The number of nitrogens with one attached hydrogen (secondary N) is 1. The first kappa shape index (κ1) is 20.2. The summed E-state index contributed by atoms with van der Waals surface area (Å²) in [6.45, 7) is 2.47. The van der Waals surface area contributed by atoms with Gasteiger partial charge in [0.25, 0.3) is 0 Å². The number of rotatable bonds is 5. The molecule has 1 saturated carbocycles. The van der Waals surface area contributed by atoms with E-state index in [0.717, 1.165) is 31.5 Å². The van der Waals surface area contributed by atoms with E-state index in [1.165, 1.54) is 12.8 Å². The molecule has 1 aliphatic carbocycles. The Morgan fingerprint density at radius 3 is 2.68 bits per heavy atom. The minimum Gasteiger partial charge on any atom is -1.00 e. The molecule has 2 aliphatic rings. The Labute approximate surface area is 171 Å². The highest BCUT2D eigenvalue weighted by Gasteiger charge is 2.25. The average Bonchev–Trinajstić information content (AvgIpc) is 3.51. The quantitative estimate of drug-likeness (QED) is 0.662. The van der Waals surface area contributed by atoms with Gasteiger partial charge < -0.3 is 33.3 Å². The van der Waals surface area contributed by atoms with Crippen LogP contribution in [0.3, 0.4) is 0 Å². The van der Waals surface area contributed by atoms with Gasteiger partial charge in [-0.25, -0.2) is 4.98 Å². The molecule has 0 amide bonds. The maximum absolute atomic E-state index is 10.5. The smallest absolute Gasteiger partial charge is 0.142 e. The van der Waals surface area contributed by atoms with Gasteiger partial charge in [-0.1, -0.05) is 6.07 Å². The summed E-state index contributed by atoms with van der Waals surface area (Å²) >= 11 is 0. The van der Waals surface area contributed by atoms with Crippen molar-refractivity contribution < 1.29 is 22.3 Å². The van der Waals surface area contributed by atoms with E-state index in [4.69, 9.17) is 10.5 Å². The number of halogens is 1. The van der Waals surface area contributed by atoms with Crippen molar-refractivity contribution in [2.75, 3.05) is 25.4 Å². The third-order valence-electron chi connectivity index (χ3n) is 5.40. The summed E-state index contributed by atoms with van der Waals surface area (Å²) in [5.41, 5.74) is 8.60. The second-order valence-corrected chi connectivity index (χ2v) is 7.40. The number of nitrogens with two attached hydrogens (primary N) is 1. The SMILES string of the molecule is N#Cc1c(C2CCNCC2)cc(-c2c(O)cccc2OCC2CC2)nc1N.[Cl-]. The van der Waals surface area contributed by atoms with Gasteiger partial charge in [0, 0.05) is 0 Å². The van der Waals surface area contributed by atoms with Crippen LogP contribution in [0.15, 0.2) is 24.3 Å². The fourth-order valence-corrected chi connectivity index (χ4v) is 3.68. The molecule has 1 aromatic heterocycles. The number of nitrogen functional groups attached to an aromatic ring is 1. The third-order valence-corrected chi connectivity index (χ3v) is 5.40. The molecule has 1 saturated heterocycles. The summed E-state index contributed by atoms with van der Waals surface area (Å²) < 4.78 is 5.96. The number of phenols is 1. The van der Waals surface area contributed by atoms with Crippen LogP contribution in [0.5, 0.6) is 11.5 Å². The van der Waals surface area contributed by atoms with Crippen molar-refractivity contribution in [3.63, 3.8) is 0 Å². The maximum atomic E-state index is 10.5. The molecule has 7 heteroatoms.